The summed E-state index contributed by atoms with van der Waals surface area (Å²) in [7, 11) is -1.71. The molecule has 1 saturated heterocycles. The molecule has 1 N–H and O–H groups in total. The van der Waals surface area contributed by atoms with Gasteiger partial charge in [0, 0.05) is 26.6 Å². The zero-order valence-electron chi connectivity index (χ0n) is 13.3. The van der Waals surface area contributed by atoms with Gasteiger partial charge in [-0.05, 0) is 6.42 Å². The summed E-state index contributed by atoms with van der Waals surface area (Å²) in [4.78, 5) is 25.2. The van der Waals surface area contributed by atoms with E-state index in [1.807, 2.05) is 0 Å². The van der Waals surface area contributed by atoms with Crippen LogP contribution < -0.4 is 5.32 Å². The first-order valence-corrected chi connectivity index (χ1v) is 9.50. The first-order chi connectivity index (χ1) is 10.4. The van der Waals surface area contributed by atoms with E-state index < -0.39 is 15.9 Å². The van der Waals surface area contributed by atoms with Gasteiger partial charge in [-0.15, -0.1) is 0 Å². The second-order valence-corrected chi connectivity index (χ2v) is 7.72. The molecule has 22 heavy (non-hydrogen) atoms. The monoisotopic (exact) mass is 334 g/mol. The van der Waals surface area contributed by atoms with Crippen molar-refractivity contribution in [3.8, 4) is 0 Å². The Balaban J connectivity index is 2.56. The minimum absolute atomic E-state index is 0.00267. The summed E-state index contributed by atoms with van der Waals surface area (Å²) in [5.74, 6) is -0.745. The van der Waals surface area contributed by atoms with E-state index in [1.165, 1.54) is 11.9 Å². The van der Waals surface area contributed by atoms with E-state index in [4.69, 9.17) is 4.74 Å². The van der Waals surface area contributed by atoms with Gasteiger partial charge in [0.2, 0.25) is 11.8 Å². The maximum absolute atomic E-state index is 12.2. The van der Waals surface area contributed by atoms with Crippen LogP contribution >= 0.6 is 0 Å². The molecule has 0 spiro atoms. The highest BCUT2D eigenvalue weighted by Crippen LogP contribution is 2.15. The molecular formula is C14H26N2O5S. The lowest BCUT2D eigenvalue weighted by molar-refractivity contribution is -0.138. The lowest BCUT2D eigenvalue weighted by atomic mass is 10.2. The minimum Gasteiger partial charge on any atom is -0.372 e. The standard InChI is InChI=1S/C14H26N2O5S/c1-3-4-5-7-21-10-14(18)16-6-8-22(19,20)11-12(16)9-13(17)15-2/h12H,3-11H2,1-2H3,(H,15,17). The van der Waals surface area contributed by atoms with E-state index >= 15 is 0 Å². The second-order valence-electron chi connectivity index (χ2n) is 5.49. The molecular weight excluding hydrogens is 308 g/mol. The third kappa shape index (κ3) is 6.31. The third-order valence-electron chi connectivity index (χ3n) is 3.67. The first-order valence-electron chi connectivity index (χ1n) is 7.68. The molecule has 1 unspecified atom stereocenters. The number of unbranched alkanes of at least 4 members (excludes halogenated alkanes) is 2. The van der Waals surface area contributed by atoms with Crippen molar-refractivity contribution in [2.24, 2.45) is 0 Å². The Bertz CT molecular complexity index is 478. The molecule has 1 heterocycles. The topological polar surface area (TPSA) is 92.8 Å². The molecule has 0 bridgehead atoms. The summed E-state index contributed by atoms with van der Waals surface area (Å²) in [6.45, 7) is 2.67. The Hall–Kier alpha value is -1.15. The summed E-state index contributed by atoms with van der Waals surface area (Å²) in [6.07, 6.45) is 3.03. The van der Waals surface area contributed by atoms with E-state index in [1.54, 1.807) is 0 Å². The van der Waals surface area contributed by atoms with Crippen LogP contribution in [0.3, 0.4) is 0 Å². The Morgan fingerprint density at radius 3 is 2.68 bits per heavy atom. The van der Waals surface area contributed by atoms with Crippen molar-refractivity contribution in [1.82, 2.24) is 10.2 Å². The Kier molecular flexibility index (Phi) is 7.81. The highest BCUT2D eigenvalue weighted by molar-refractivity contribution is 7.91. The zero-order chi connectivity index (χ0) is 16.6. The Morgan fingerprint density at radius 1 is 1.32 bits per heavy atom. The molecule has 1 atom stereocenters. The predicted octanol–water partition coefficient (Wildman–Crippen LogP) is -0.0451. The zero-order valence-corrected chi connectivity index (χ0v) is 14.2. The molecule has 0 saturated carbocycles. The Morgan fingerprint density at radius 2 is 2.05 bits per heavy atom. The normalized spacial score (nSPS) is 20.6. The molecule has 1 rings (SSSR count). The van der Waals surface area contributed by atoms with E-state index in [0.717, 1.165) is 19.3 Å². The van der Waals surface area contributed by atoms with Gasteiger partial charge in [-0.1, -0.05) is 19.8 Å². The van der Waals surface area contributed by atoms with Crippen LogP contribution in [-0.4, -0.2) is 69.5 Å². The number of hydrogen-bond donors (Lipinski definition) is 1. The van der Waals surface area contributed by atoms with E-state index in [2.05, 4.69) is 12.2 Å². The van der Waals surface area contributed by atoms with E-state index in [0.29, 0.717) is 6.61 Å². The molecule has 2 amide bonds. The summed E-state index contributed by atoms with van der Waals surface area (Å²) in [6, 6.07) is -0.606. The van der Waals surface area contributed by atoms with Crippen molar-refractivity contribution in [2.75, 3.05) is 38.3 Å². The van der Waals surface area contributed by atoms with Crippen molar-refractivity contribution in [3.05, 3.63) is 0 Å². The SMILES string of the molecule is CCCCCOCC(=O)N1CCS(=O)(=O)CC1CC(=O)NC. The van der Waals surface area contributed by atoms with E-state index in [9.17, 15) is 18.0 Å². The van der Waals surface area contributed by atoms with Crippen LogP contribution in [0.25, 0.3) is 0 Å². The lowest BCUT2D eigenvalue weighted by Gasteiger charge is -2.35. The molecule has 0 aromatic carbocycles. The molecule has 0 aliphatic carbocycles. The van der Waals surface area contributed by atoms with Gasteiger partial charge < -0.3 is 15.0 Å². The van der Waals surface area contributed by atoms with E-state index in [-0.39, 0.29) is 42.9 Å². The molecule has 1 aliphatic rings. The average Bonchev–Trinajstić information content (AvgIpc) is 2.46. The maximum atomic E-state index is 12.2. The summed E-state index contributed by atoms with van der Waals surface area (Å²) in [5, 5.41) is 2.46. The largest absolute Gasteiger partial charge is 0.372 e. The number of nitrogens with one attached hydrogen (secondary N) is 1. The van der Waals surface area contributed by atoms with Crippen molar-refractivity contribution in [1.29, 1.82) is 0 Å². The van der Waals surface area contributed by atoms with Crippen molar-refractivity contribution < 1.29 is 22.7 Å². The molecule has 1 aliphatic heterocycles. The van der Waals surface area contributed by atoms with Gasteiger partial charge in [0.05, 0.1) is 17.5 Å². The second kappa shape index (κ2) is 9.09. The smallest absolute Gasteiger partial charge is 0.248 e. The molecule has 0 radical (unpaired) electrons. The third-order valence-corrected chi connectivity index (χ3v) is 5.37. The minimum atomic E-state index is -3.20. The summed E-state index contributed by atoms with van der Waals surface area (Å²) in [5.41, 5.74) is 0. The molecule has 0 aromatic rings. The van der Waals surface area contributed by atoms with Gasteiger partial charge >= 0.3 is 0 Å². The van der Waals surface area contributed by atoms with Crippen molar-refractivity contribution in [3.63, 3.8) is 0 Å². The summed E-state index contributed by atoms with van der Waals surface area (Å²) >= 11 is 0. The van der Waals surface area contributed by atoms with Crippen LogP contribution in [0.15, 0.2) is 0 Å². The quantitative estimate of drug-likeness (QED) is 0.629. The van der Waals surface area contributed by atoms with Crippen LogP contribution in [0.4, 0.5) is 0 Å². The number of carbonyl (C=O) groups is 2. The summed E-state index contributed by atoms with van der Waals surface area (Å²) < 4.78 is 28.8. The van der Waals surface area contributed by atoms with Crippen LogP contribution in [0.1, 0.15) is 32.6 Å². The van der Waals surface area contributed by atoms with Crippen LogP contribution in [0.5, 0.6) is 0 Å². The predicted molar refractivity (Wildman–Crippen MR) is 83.2 cm³/mol. The lowest BCUT2D eigenvalue weighted by Crippen LogP contribution is -2.53. The number of nitrogens with zero attached hydrogens (tertiary/aromatic N) is 1. The maximum Gasteiger partial charge on any atom is 0.248 e. The average molecular weight is 334 g/mol. The fourth-order valence-electron chi connectivity index (χ4n) is 2.40. The Labute approximate surface area is 132 Å². The van der Waals surface area contributed by atoms with Crippen molar-refractivity contribution >= 4 is 21.7 Å². The van der Waals surface area contributed by atoms with Crippen molar-refractivity contribution in [2.45, 2.75) is 38.6 Å². The number of carbonyl (C=O) groups excluding carboxylic acids is 2. The highest BCUT2D eigenvalue weighted by Gasteiger charge is 2.35. The number of rotatable bonds is 8. The molecule has 8 heteroatoms. The number of sulfone groups is 1. The number of amides is 2. The van der Waals surface area contributed by atoms with Gasteiger partial charge in [0.25, 0.3) is 0 Å². The molecule has 1 fully saturated rings. The number of ether oxygens (including phenoxy) is 1. The molecule has 0 aromatic heterocycles. The van der Waals surface area contributed by atoms with Gasteiger partial charge in [0.15, 0.2) is 9.84 Å². The molecule has 7 nitrogen and oxygen atoms in total. The van der Waals surface area contributed by atoms with Crippen LogP contribution in [-0.2, 0) is 24.2 Å². The van der Waals surface area contributed by atoms with Gasteiger partial charge in [0.1, 0.15) is 6.61 Å². The first kappa shape index (κ1) is 18.9. The van der Waals surface area contributed by atoms with Crippen LogP contribution in [0, 0.1) is 0 Å². The van der Waals surface area contributed by atoms with Gasteiger partial charge in [-0.25, -0.2) is 8.42 Å². The van der Waals surface area contributed by atoms with Gasteiger partial charge in [-0.2, -0.15) is 0 Å². The molecule has 128 valence electrons. The van der Waals surface area contributed by atoms with Crippen LogP contribution in [0.2, 0.25) is 0 Å². The number of hydrogen-bond acceptors (Lipinski definition) is 5. The fraction of sp³-hybridized carbons (Fsp3) is 0.857. The fourth-order valence-corrected chi connectivity index (χ4v) is 3.92. The van der Waals surface area contributed by atoms with Gasteiger partial charge in [-0.3, -0.25) is 9.59 Å². The highest BCUT2D eigenvalue weighted by atomic mass is 32.2.